The third-order valence-corrected chi connectivity index (χ3v) is 5.06. The summed E-state index contributed by atoms with van der Waals surface area (Å²) in [5, 5.41) is 14.0. The van der Waals surface area contributed by atoms with E-state index in [0.717, 1.165) is 4.90 Å². The molecule has 0 saturated carbocycles. The summed E-state index contributed by atoms with van der Waals surface area (Å²) in [5.74, 6) is -0.493. The summed E-state index contributed by atoms with van der Waals surface area (Å²) in [7, 11) is -2.26. The van der Waals surface area contributed by atoms with Crippen LogP contribution in [0.1, 0.15) is 25.8 Å². The van der Waals surface area contributed by atoms with Crippen molar-refractivity contribution in [3.05, 3.63) is 23.8 Å². The van der Waals surface area contributed by atoms with Gasteiger partial charge in [0.15, 0.2) is 0 Å². The molecule has 1 aliphatic rings. The summed E-state index contributed by atoms with van der Waals surface area (Å²) in [4.78, 5) is 27.9. The van der Waals surface area contributed by atoms with Gasteiger partial charge in [-0.3, -0.25) is 4.79 Å². The monoisotopic (exact) mass is 380 g/mol. The van der Waals surface area contributed by atoms with Gasteiger partial charge in [-0.15, -0.1) is 0 Å². The van der Waals surface area contributed by atoms with E-state index in [-0.39, 0.29) is 35.7 Å². The highest BCUT2D eigenvalue weighted by Gasteiger charge is 2.51. The van der Waals surface area contributed by atoms with Gasteiger partial charge in [0, 0.05) is 12.6 Å². The van der Waals surface area contributed by atoms with Gasteiger partial charge >= 0.3 is 6.03 Å². The van der Waals surface area contributed by atoms with Crippen molar-refractivity contribution in [1.82, 2.24) is 4.90 Å². The van der Waals surface area contributed by atoms with Crippen LogP contribution in [0, 0.1) is 11.3 Å². The van der Waals surface area contributed by atoms with Gasteiger partial charge in [-0.05, 0) is 32.4 Å². The zero-order valence-electron chi connectivity index (χ0n) is 14.7. The number of benzene rings is 1. The Bertz CT molecular complexity index is 888. The average molecular weight is 380 g/mol. The van der Waals surface area contributed by atoms with Crippen molar-refractivity contribution in [2.45, 2.75) is 25.8 Å². The maximum absolute atomic E-state index is 12.8. The Kier molecular flexibility index (Phi) is 5.25. The van der Waals surface area contributed by atoms with E-state index in [1.807, 2.05) is 6.07 Å². The van der Waals surface area contributed by atoms with E-state index in [0.29, 0.717) is 0 Å². The van der Waals surface area contributed by atoms with Crippen molar-refractivity contribution in [1.29, 1.82) is 5.26 Å². The van der Waals surface area contributed by atoms with Crippen LogP contribution in [0.15, 0.2) is 18.2 Å². The molecule has 3 amide bonds. The molecule has 0 atom stereocenters. The van der Waals surface area contributed by atoms with Crippen LogP contribution in [0.4, 0.5) is 10.5 Å². The standard InChI is InChI=1S/C16H20N4O5S/c1-16(2)14(21)20(12-6-5-11(10-17)13(9-12)25-3)15(22)19(16)7-4-8-26(18,23)24/h5-6,9H,4,7-8H2,1-3H3,(H2,18,23,24). The number of nitrogens with zero attached hydrogens (tertiary/aromatic N) is 3. The van der Waals surface area contributed by atoms with Crippen molar-refractivity contribution < 1.29 is 22.7 Å². The number of ether oxygens (including phenoxy) is 1. The van der Waals surface area contributed by atoms with Gasteiger partial charge in [-0.2, -0.15) is 5.26 Å². The summed E-state index contributed by atoms with van der Waals surface area (Å²) < 4.78 is 27.3. The number of urea groups is 1. The minimum atomic E-state index is -3.65. The maximum Gasteiger partial charge on any atom is 0.332 e. The number of methoxy groups -OCH3 is 1. The fraction of sp³-hybridized carbons (Fsp3) is 0.438. The van der Waals surface area contributed by atoms with Crippen molar-refractivity contribution in [3.63, 3.8) is 0 Å². The molecule has 0 unspecified atom stereocenters. The zero-order valence-corrected chi connectivity index (χ0v) is 15.5. The van der Waals surface area contributed by atoms with E-state index in [1.54, 1.807) is 13.8 Å². The molecule has 0 radical (unpaired) electrons. The van der Waals surface area contributed by atoms with Crippen LogP contribution in [0.25, 0.3) is 0 Å². The normalized spacial score (nSPS) is 16.7. The number of rotatable bonds is 6. The number of hydrogen-bond acceptors (Lipinski definition) is 6. The molecule has 1 heterocycles. The molecule has 1 fully saturated rings. The molecule has 1 saturated heterocycles. The first-order valence-corrected chi connectivity index (χ1v) is 9.49. The van der Waals surface area contributed by atoms with Gasteiger partial charge in [0.1, 0.15) is 17.4 Å². The Morgan fingerprint density at radius 2 is 1.96 bits per heavy atom. The summed E-state index contributed by atoms with van der Waals surface area (Å²) in [5.41, 5.74) is -0.589. The van der Waals surface area contributed by atoms with E-state index >= 15 is 0 Å². The number of imide groups is 1. The number of sulfonamides is 1. The number of nitriles is 1. The van der Waals surface area contributed by atoms with Crippen LogP contribution in [0.2, 0.25) is 0 Å². The molecule has 0 bridgehead atoms. The van der Waals surface area contributed by atoms with Gasteiger partial charge in [-0.25, -0.2) is 23.3 Å². The molecule has 1 aromatic rings. The van der Waals surface area contributed by atoms with E-state index in [2.05, 4.69) is 0 Å². The second-order valence-electron chi connectivity index (χ2n) is 6.35. The molecule has 10 heteroatoms. The topological polar surface area (TPSA) is 134 Å². The number of carbonyl (C=O) groups excluding carboxylic acids is 2. The Morgan fingerprint density at radius 3 is 2.50 bits per heavy atom. The number of carbonyl (C=O) groups is 2. The Labute approximate surface area is 152 Å². The molecule has 0 aromatic heterocycles. The first-order valence-electron chi connectivity index (χ1n) is 7.77. The third-order valence-electron chi connectivity index (χ3n) is 4.20. The van der Waals surface area contributed by atoms with Gasteiger partial charge in [0.2, 0.25) is 10.0 Å². The first kappa shape index (κ1) is 19.7. The summed E-state index contributed by atoms with van der Waals surface area (Å²) >= 11 is 0. The predicted molar refractivity (Wildman–Crippen MR) is 94.0 cm³/mol. The quantitative estimate of drug-likeness (QED) is 0.725. The highest BCUT2D eigenvalue weighted by Crippen LogP contribution is 2.34. The van der Waals surface area contributed by atoms with Gasteiger partial charge in [0.25, 0.3) is 5.91 Å². The first-order chi connectivity index (χ1) is 12.0. The fourth-order valence-corrected chi connectivity index (χ4v) is 3.31. The molecular formula is C16H20N4O5S. The molecule has 2 N–H and O–H groups in total. The number of anilines is 1. The number of amides is 3. The zero-order chi connectivity index (χ0) is 19.7. The molecule has 0 spiro atoms. The molecular weight excluding hydrogens is 360 g/mol. The van der Waals surface area contributed by atoms with Crippen molar-refractivity contribution in [3.8, 4) is 11.8 Å². The van der Waals surface area contributed by atoms with E-state index in [9.17, 15) is 18.0 Å². The molecule has 9 nitrogen and oxygen atoms in total. The fourth-order valence-electron chi connectivity index (χ4n) is 2.77. The van der Waals surface area contributed by atoms with Crippen LogP contribution < -0.4 is 14.8 Å². The number of primary sulfonamides is 1. The van der Waals surface area contributed by atoms with Gasteiger partial charge in [0.05, 0.1) is 24.1 Å². The SMILES string of the molecule is COc1cc(N2C(=O)N(CCCS(N)(=O)=O)C(C)(C)C2=O)ccc1C#N. The molecule has 26 heavy (non-hydrogen) atoms. The van der Waals surface area contributed by atoms with Gasteiger partial charge < -0.3 is 9.64 Å². The Morgan fingerprint density at radius 1 is 1.31 bits per heavy atom. The lowest BCUT2D eigenvalue weighted by Crippen LogP contribution is -2.45. The second-order valence-corrected chi connectivity index (χ2v) is 8.08. The minimum Gasteiger partial charge on any atom is -0.495 e. The summed E-state index contributed by atoms with van der Waals surface area (Å²) in [6.07, 6.45) is 0.117. The number of hydrogen-bond donors (Lipinski definition) is 1. The highest BCUT2D eigenvalue weighted by atomic mass is 32.2. The van der Waals surface area contributed by atoms with Gasteiger partial charge in [-0.1, -0.05) is 0 Å². The largest absolute Gasteiger partial charge is 0.495 e. The smallest absolute Gasteiger partial charge is 0.332 e. The highest BCUT2D eigenvalue weighted by molar-refractivity contribution is 7.89. The number of nitrogens with two attached hydrogens (primary N) is 1. The van der Waals surface area contributed by atoms with Crippen LogP contribution in [-0.4, -0.2) is 50.2 Å². The predicted octanol–water partition coefficient (Wildman–Crippen LogP) is 0.793. The second kappa shape index (κ2) is 6.93. The molecule has 0 aliphatic carbocycles. The lowest BCUT2D eigenvalue weighted by Gasteiger charge is -2.27. The lowest BCUT2D eigenvalue weighted by molar-refractivity contribution is -0.123. The average Bonchev–Trinajstić information content (AvgIpc) is 2.73. The van der Waals surface area contributed by atoms with Crippen LogP contribution in [-0.2, 0) is 14.8 Å². The summed E-state index contributed by atoms with van der Waals surface area (Å²) in [6.45, 7) is 3.24. The maximum atomic E-state index is 12.8. The van der Waals surface area contributed by atoms with Crippen molar-refractivity contribution in [2.24, 2.45) is 5.14 Å². The van der Waals surface area contributed by atoms with Crippen molar-refractivity contribution in [2.75, 3.05) is 24.3 Å². The van der Waals surface area contributed by atoms with E-state index < -0.39 is 27.5 Å². The molecule has 1 aliphatic heterocycles. The molecule has 1 aromatic carbocycles. The van der Waals surface area contributed by atoms with Crippen LogP contribution >= 0.6 is 0 Å². The minimum absolute atomic E-state index is 0.0674. The Balaban J connectivity index is 2.33. The molecule has 140 valence electrons. The van der Waals surface area contributed by atoms with E-state index in [1.165, 1.54) is 30.2 Å². The summed E-state index contributed by atoms with van der Waals surface area (Å²) in [6, 6.07) is 5.79. The molecule has 2 rings (SSSR count). The van der Waals surface area contributed by atoms with Crippen LogP contribution in [0.3, 0.4) is 0 Å². The van der Waals surface area contributed by atoms with Crippen LogP contribution in [0.5, 0.6) is 5.75 Å². The lowest BCUT2D eigenvalue weighted by atomic mass is 10.0. The van der Waals surface area contributed by atoms with E-state index in [4.69, 9.17) is 15.1 Å². The van der Waals surface area contributed by atoms with Crippen molar-refractivity contribution >= 4 is 27.6 Å². The Hall–Kier alpha value is -2.64. The third kappa shape index (κ3) is 3.63.